The summed E-state index contributed by atoms with van der Waals surface area (Å²) in [7, 11) is 0. The molecule has 0 radical (unpaired) electrons. The van der Waals surface area contributed by atoms with Crippen LogP contribution in [0.25, 0.3) is 11.4 Å². The smallest absolute Gasteiger partial charge is 0.199 e. The van der Waals surface area contributed by atoms with Gasteiger partial charge in [-0.3, -0.25) is 9.47 Å². The SMILES string of the molecule is Fc1ccc(-c2nn(CN3CCN(c4ccccc4)CC3)c(=S)n2CC2CCCO2)cc1. The quantitative estimate of drug-likeness (QED) is 0.524. The molecule has 0 N–H and O–H groups in total. The standard InChI is InChI=1S/C24H28FN5OS/c25-20-10-8-19(9-11-20)23-26-30(24(32)29(23)17-22-7-4-16-31-22)18-27-12-14-28(15-13-27)21-5-2-1-3-6-21/h1-3,5-6,8-11,22H,4,7,12-18H2. The highest BCUT2D eigenvalue weighted by molar-refractivity contribution is 7.71. The minimum atomic E-state index is -0.256. The second-order valence-corrected chi connectivity index (χ2v) is 8.81. The Hall–Kier alpha value is -2.55. The molecule has 8 heteroatoms. The number of anilines is 1. The molecule has 2 saturated heterocycles. The molecule has 2 aliphatic heterocycles. The number of hydrogen-bond acceptors (Lipinski definition) is 5. The van der Waals surface area contributed by atoms with Gasteiger partial charge < -0.3 is 9.64 Å². The first-order valence-electron chi connectivity index (χ1n) is 11.2. The first-order chi connectivity index (χ1) is 15.7. The van der Waals surface area contributed by atoms with Crippen molar-refractivity contribution in [1.82, 2.24) is 19.2 Å². The number of halogens is 1. The van der Waals surface area contributed by atoms with Gasteiger partial charge in [0.25, 0.3) is 0 Å². The third kappa shape index (κ3) is 4.62. The highest BCUT2D eigenvalue weighted by atomic mass is 32.1. The second-order valence-electron chi connectivity index (χ2n) is 8.44. The van der Waals surface area contributed by atoms with Crippen LogP contribution in [0.3, 0.4) is 0 Å². The Morgan fingerprint density at radius 3 is 2.44 bits per heavy atom. The van der Waals surface area contributed by atoms with Gasteiger partial charge in [0, 0.05) is 44.0 Å². The molecule has 3 aromatic rings. The molecule has 0 spiro atoms. The summed E-state index contributed by atoms with van der Waals surface area (Å²) < 4.78 is 24.0. The maximum absolute atomic E-state index is 13.5. The number of aromatic nitrogens is 3. The van der Waals surface area contributed by atoms with Gasteiger partial charge in [-0.15, -0.1) is 0 Å². The van der Waals surface area contributed by atoms with E-state index in [2.05, 4.69) is 38.6 Å². The van der Waals surface area contributed by atoms with Crippen LogP contribution in [0.15, 0.2) is 54.6 Å². The molecule has 1 unspecified atom stereocenters. The molecule has 2 aliphatic rings. The van der Waals surface area contributed by atoms with Crippen molar-refractivity contribution in [3.63, 3.8) is 0 Å². The summed E-state index contributed by atoms with van der Waals surface area (Å²) in [6.45, 7) is 5.95. The van der Waals surface area contributed by atoms with Crippen LogP contribution in [0.1, 0.15) is 12.8 Å². The van der Waals surface area contributed by atoms with Crippen molar-refractivity contribution in [2.45, 2.75) is 32.2 Å². The largest absolute Gasteiger partial charge is 0.376 e. The summed E-state index contributed by atoms with van der Waals surface area (Å²) in [6, 6.07) is 17.0. The van der Waals surface area contributed by atoms with E-state index < -0.39 is 0 Å². The van der Waals surface area contributed by atoms with Gasteiger partial charge in [-0.1, -0.05) is 18.2 Å². The molecule has 0 saturated carbocycles. The fourth-order valence-electron chi connectivity index (χ4n) is 4.48. The predicted molar refractivity (Wildman–Crippen MR) is 126 cm³/mol. The van der Waals surface area contributed by atoms with Crippen molar-refractivity contribution in [2.24, 2.45) is 0 Å². The third-order valence-electron chi connectivity index (χ3n) is 6.26. The van der Waals surface area contributed by atoms with E-state index in [1.165, 1.54) is 17.8 Å². The summed E-state index contributed by atoms with van der Waals surface area (Å²) in [6.07, 6.45) is 2.24. The molecule has 1 atom stereocenters. The van der Waals surface area contributed by atoms with Gasteiger partial charge in [0.2, 0.25) is 0 Å². The zero-order chi connectivity index (χ0) is 21.9. The second kappa shape index (κ2) is 9.52. The number of benzene rings is 2. The van der Waals surface area contributed by atoms with Crippen LogP contribution in [0.4, 0.5) is 10.1 Å². The Kier molecular flexibility index (Phi) is 6.34. The Morgan fingerprint density at radius 1 is 1.00 bits per heavy atom. The summed E-state index contributed by atoms with van der Waals surface area (Å²) in [5.41, 5.74) is 2.13. The molecule has 3 heterocycles. The summed E-state index contributed by atoms with van der Waals surface area (Å²) in [5, 5.41) is 4.87. The molecular weight excluding hydrogens is 425 g/mol. The van der Waals surface area contributed by atoms with Gasteiger partial charge in [0.1, 0.15) is 5.82 Å². The number of para-hydroxylation sites is 1. The van der Waals surface area contributed by atoms with Crippen LogP contribution in [0.2, 0.25) is 0 Å². The van der Waals surface area contributed by atoms with Crippen molar-refractivity contribution >= 4 is 17.9 Å². The Balaban J connectivity index is 1.34. The summed E-state index contributed by atoms with van der Waals surface area (Å²) >= 11 is 5.84. The highest BCUT2D eigenvalue weighted by Crippen LogP contribution is 2.23. The molecule has 0 aliphatic carbocycles. The maximum atomic E-state index is 13.5. The van der Waals surface area contributed by atoms with E-state index in [1.54, 1.807) is 12.1 Å². The average molecular weight is 454 g/mol. The molecule has 5 rings (SSSR count). The van der Waals surface area contributed by atoms with Gasteiger partial charge in [0.15, 0.2) is 10.6 Å². The fraction of sp³-hybridized carbons (Fsp3) is 0.417. The van der Waals surface area contributed by atoms with Gasteiger partial charge in [0.05, 0.1) is 19.3 Å². The minimum absolute atomic E-state index is 0.146. The van der Waals surface area contributed by atoms with Crippen molar-refractivity contribution in [1.29, 1.82) is 0 Å². The zero-order valence-electron chi connectivity index (χ0n) is 18.1. The van der Waals surface area contributed by atoms with Gasteiger partial charge in [-0.05, 0) is 61.5 Å². The normalized spacial score (nSPS) is 19.5. The molecule has 6 nitrogen and oxygen atoms in total. The van der Waals surface area contributed by atoms with E-state index in [9.17, 15) is 4.39 Å². The number of hydrogen-bond donors (Lipinski definition) is 0. The maximum Gasteiger partial charge on any atom is 0.199 e. The fourth-order valence-corrected chi connectivity index (χ4v) is 4.74. The zero-order valence-corrected chi connectivity index (χ0v) is 18.9. The molecule has 0 amide bonds. The van der Waals surface area contributed by atoms with Crippen LogP contribution in [0, 0.1) is 10.6 Å². The third-order valence-corrected chi connectivity index (χ3v) is 6.69. The van der Waals surface area contributed by atoms with E-state index >= 15 is 0 Å². The van der Waals surface area contributed by atoms with Crippen molar-refractivity contribution in [3.8, 4) is 11.4 Å². The number of piperazine rings is 1. The van der Waals surface area contributed by atoms with Gasteiger partial charge in [-0.2, -0.15) is 5.10 Å². The Bertz CT molecular complexity index is 1080. The van der Waals surface area contributed by atoms with E-state index in [0.29, 0.717) is 18.0 Å². The molecule has 2 aromatic carbocycles. The predicted octanol–water partition coefficient (Wildman–Crippen LogP) is 4.18. The summed E-state index contributed by atoms with van der Waals surface area (Å²) in [4.78, 5) is 4.79. The van der Waals surface area contributed by atoms with Crippen molar-refractivity contribution < 1.29 is 9.13 Å². The number of nitrogens with zero attached hydrogens (tertiary/aromatic N) is 5. The van der Waals surface area contributed by atoms with Gasteiger partial charge in [-0.25, -0.2) is 9.07 Å². The van der Waals surface area contributed by atoms with Crippen LogP contribution < -0.4 is 4.90 Å². The number of rotatable bonds is 6. The Labute approximate surface area is 192 Å². The lowest BCUT2D eigenvalue weighted by molar-refractivity contribution is 0.0966. The molecule has 0 bridgehead atoms. The molecule has 32 heavy (non-hydrogen) atoms. The average Bonchev–Trinajstić information content (AvgIpc) is 3.45. The minimum Gasteiger partial charge on any atom is -0.376 e. The lowest BCUT2D eigenvalue weighted by Crippen LogP contribution is -2.47. The van der Waals surface area contributed by atoms with E-state index in [4.69, 9.17) is 22.1 Å². The first-order valence-corrected chi connectivity index (χ1v) is 11.7. The van der Waals surface area contributed by atoms with Crippen LogP contribution >= 0.6 is 12.2 Å². The van der Waals surface area contributed by atoms with Crippen molar-refractivity contribution in [2.75, 3.05) is 37.7 Å². The van der Waals surface area contributed by atoms with Crippen LogP contribution in [-0.2, 0) is 18.0 Å². The summed E-state index contributed by atoms with van der Waals surface area (Å²) in [5.74, 6) is 0.516. The van der Waals surface area contributed by atoms with Crippen LogP contribution in [-0.4, -0.2) is 58.1 Å². The van der Waals surface area contributed by atoms with Crippen LogP contribution in [0.5, 0.6) is 0 Å². The highest BCUT2D eigenvalue weighted by Gasteiger charge is 2.23. The monoisotopic (exact) mass is 453 g/mol. The first kappa shape index (κ1) is 21.3. The van der Waals surface area contributed by atoms with E-state index in [0.717, 1.165) is 57.0 Å². The molecular formula is C24H28FN5OS. The van der Waals surface area contributed by atoms with Gasteiger partial charge >= 0.3 is 0 Å². The lowest BCUT2D eigenvalue weighted by atomic mass is 10.2. The molecule has 168 valence electrons. The van der Waals surface area contributed by atoms with E-state index in [-0.39, 0.29) is 11.9 Å². The number of ether oxygens (including phenoxy) is 1. The molecule has 2 fully saturated rings. The lowest BCUT2D eigenvalue weighted by Gasteiger charge is -2.35. The van der Waals surface area contributed by atoms with E-state index in [1.807, 2.05) is 10.7 Å². The van der Waals surface area contributed by atoms with Crippen molar-refractivity contribution in [3.05, 3.63) is 65.2 Å². The molecule has 1 aromatic heterocycles. The topological polar surface area (TPSA) is 38.5 Å². The Morgan fingerprint density at radius 2 is 1.75 bits per heavy atom.